The third-order valence-corrected chi connectivity index (χ3v) is 5.31. The molecule has 0 unspecified atom stereocenters. The van der Waals surface area contributed by atoms with Crippen LogP contribution in [0.5, 0.6) is 11.5 Å². The van der Waals surface area contributed by atoms with Crippen molar-refractivity contribution in [1.82, 2.24) is 9.80 Å². The molecule has 3 rings (SSSR count). The largest absolute Gasteiger partial charge is 0.454 e. The minimum absolute atomic E-state index is 0. The number of hydrogen-bond donors (Lipinski definition) is 0. The predicted molar refractivity (Wildman–Crippen MR) is 111 cm³/mol. The first kappa shape index (κ1) is 21.6. The lowest BCUT2D eigenvalue weighted by molar-refractivity contribution is -0.129. The van der Waals surface area contributed by atoms with Crippen molar-refractivity contribution in [3.8, 4) is 11.5 Å². The summed E-state index contributed by atoms with van der Waals surface area (Å²) in [6.07, 6.45) is 8.21. The number of amides is 1. The first-order chi connectivity index (χ1) is 12.5. The van der Waals surface area contributed by atoms with Gasteiger partial charge >= 0.3 is 0 Å². The summed E-state index contributed by atoms with van der Waals surface area (Å²) in [5.41, 5.74) is 0.951. The van der Waals surface area contributed by atoms with Crippen molar-refractivity contribution in [2.24, 2.45) is 5.92 Å². The molecule has 27 heavy (non-hydrogen) atoms. The summed E-state index contributed by atoms with van der Waals surface area (Å²) in [5.74, 6) is 2.38. The number of ether oxygens (including phenoxy) is 2. The summed E-state index contributed by atoms with van der Waals surface area (Å²) in [4.78, 5) is 17.1. The maximum atomic E-state index is 12.9. The monoisotopic (exact) mass is 394 g/mol. The van der Waals surface area contributed by atoms with Crippen molar-refractivity contribution in [3.63, 3.8) is 0 Å². The minimum Gasteiger partial charge on any atom is -0.454 e. The molecule has 1 aliphatic carbocycles. The maximum absolute atomic E-state index is 12.9. The Morgan fingerprint density at radius 3 is 2.52 bits per heavy atom. The molecule has 1 aromatic rings. The number of benzene rings is 1. The van der Waals surface area contributed by atoms with Crippen LogP contribution in [0.1, 0.15) is 38.2 Å². The summed E-state index contributed by atoms with van der Waals surface area (Å²) >= 11 is 0. The fourth-order valence-electron chi connectivity index (χ4n) is 3.61. The molecule has 5 nitrogen and oxygen atoms in total. The second-order valence-electron chi connectivity index (χ2n) is 7.69. The van der Waals surface area contributed by atoms with Crippen LogP contribution in [0.2, 0.25) is 0 Å². The van der Waals surface area contributed by atoms with Crippen LogP contribution in [0.15, 0.2) is 24.3 Å². The lowest BCUT2D eigenvalue weighted by Gasteiger charge is -2.36. The summed E-state index contributed by atoms with van der Waals surface area (Å²) in [6, 6.07) is 6.11. The fraction of sp³-hybridized carbons (Fsp3) is 0.571. The van der Waals surface area contributed by atoms with Gasteiger partial charge in [0.05, 0.1) is 0 Å². The first-order valence-corrected chi connectivity index (χ1v) is 9.56. The number of halogens is 1. The third-order valence-electron chi connectivity index (χ3n) is 5.31. The van der Waals surface area contributed by atoms with E-state index in [1.807, 2.05) is 38.4 Å². The van der Waals surface area contributed by atoms with Crippen LogP contribution >= 0.6 is 12.4 Å². The summed E-state index contributed by atoms with van der Waals surface area (Å²) < 4.78 is 10.7. The molecule has 0 spiro atoms. The van der Waals surface area contributed by atoms with Gasteiger partial charge in [-0.3, -0.25) is 4.79 Å². The van der Waals surface area contributed by atoms with Gasteiger partial charge < -0.3 is 19.3 Å². The molecule has 1 aromatic carbocycles. The lowest BCUT2D eigenvalue weighted by Crippen LogP contribution is -2.44. The van der Waals surface area contributed by atoms with Gasteiger partial charge in [-0.2, -0.15) is 0 Å². The molecular weight excluding hydrogens is 364 g/mol. The Morgan fingerprint density at radius 2 is 1.81 bits per heavy atom. The van der Waals surface area contributed by atoms with Gasteiger partial charge in [0, 0.05) is 25.2 Å². The number of hydrogen-bond acceptors (Lipinski definition) is 4. The minimum atomic E-state index is 0. The zero-order chi connectivity index (χ0) is 18.5. The van der Waals surface area contributed by atoms with Crippen molar-refractivity contribution in [2.75, 3.05) is 34.0 Å². The van der Waals surface area contributed by atoms with E-state index >= 15 is 0 Å². The Hall–Kier alpha value is -1.72. The lowest BCUT2D eigenvalue weighted by atomic mass is 9.86. The van der Waals surface area contributed by atoms with Gasteiger partial charge in [-0.1, -0.05) is 13.0 Å². The van der Waals surface area contributed by atoms with Crippen LogP contribution in [-0.2, 0) is 4.79 Å². The molecule has 1 amide bonds. The van der Waals surface area contributed by atoms with E-state index in [0.717, 1.165) is 48.9 Å². The quantitative estimate of drug-likeness (QED) is 0.688. The zero-order valence-electron chi connectivity index (χ0n) is 16.5. The molecular formula is C21H31ClN2O3. The summed E-state index contributed by atoms with van der Waals surface area (Å²) in [7, 11) is 4.10. The second-order valence-corrected chi connectivity index (χ2v) is 7.69. The summed E-state index contributed by atoms with van der Waals surface area (Å²) in [5, 5.41) is 0. The third kappa shape index (κ3) is 5.88. The molecule has 0 saturated heterocycles. The van der Waals surface area contributed by atoms with Crippen molar-refractivity contribution < 1.29 is 14.3 Å². The van der Waals surface area contributed by atoms with Crippen molar-refractivity contribution in [2.45, 2.75) is 38.6 Å². The van der Waals surface area contributed by atoms with Gasteiger partial charge in [-0.05, 0) is 69.5 Å². The Kier molecular flexibility index (Phi) is 7.99. The van der Waals surface area contributed by atoms with E-state index in [0.29, 0.717) is 6.04 Å². The highest BCUT2D eigenvalue weighted by Gasteiger charge is 2.26. The fourth-order valence-corrected chi connectivity index (χ4v) is 3.61. The molecule has 1 aliphatic heterocycles. The Bertz CT molecular complexity index is 655. The van der Waals surface area contributed by atoms with Gasteiger partial charge in [0.1, 0.15) is 0 Å². The second kappa shape index (κ2) is 10.00. The van der Waals surface area contributed by atoms with Crippen LogP contribution in [0.4, 0.5) is 0 Å². The Morgan fingerprint density at radius 1 is 1.11 bits per heavy atom. The van der Waals surface area contributed by atoms with Gasteiger partial charge in [0.25, 0.3) is 0 Å². The predicted octanol–water partition coefficient (Wildman–Crippen LogP) is 3.82. The van der Waals surface area contributed by atoms with Crippen molar-refractivity contribution >= 4 is 24.4 Å². The van der Waals surface area contributed by atoms with Crippen molar-refractivity contribution in [1.29, 1.82) is 0 Å². The molecule has 6 heteroatoms. The smallest absolute Gasteiger partial charge is 0.246 e. The van der Waals surface area contributed by atoms with E-state index in [1.165, 1.54) is 12.8 Å². The molecule has 0 aromatic heterocycles. The highest BCUT2D eigenvalue weighted by molar-refractivity contribution is 5.92. The normalized spacial score (nSPS) is 21.3. The van der Waals surface area contributed by atoms with Crippen molar-refractivity contribution in [3.05, 3.63) is 29.8 Å². The van der Waals surface area contributed by atoms with Crippen LogP contribution in [0, 0.1) is 5.92 Å². The molecule has 1 heterocycles. The van der Waals surface area contributed by atoms with E-state index in [-0.39, 0.29) is 25.1 Å². The van der Waals surface area contributed by atoms with E-state index in [4.69, 9.17) is 9.47 Å². The zero-order valence-corrected chi connectivity index (χ0v) is 17.3. The molecule has 1 fully saturated rings. The molecule has 150 valence electrons. The summed E-state index contributed by atoms with van der Waals surface area (Å²) in [6.45, 7) is 4.23. The van der Waals surface area contributed by atoms with Crippen LogP contribution < -0.4 is 9.47 Å². The number of carbonyl (C=O) groups is 1. The van der Waals surface area contributed by atoms with E-state index < -0.39 is 0 Å². The number of carbonyl (C=O) groups excluding carboxylic acids is 1. The molecule has 0 bridgehead atoms. The van der Waals surface area contributed by atoms with Crippen LogP contribution in [0.25, 0.3) is 6.08 Å². The molecule has 0 atom stereocenters. The number of likely N-dealkylation sites (N-methyl/N-ethyl adjacent to an activating group) is 1. The highest BCUT2D eigenvalue weighted by atomic mass is 35.5. The van der Waals surface area contributed by atoms with Gasteiger partial charge in [-0.15, -0.1) is 12.4 Å². The number of nitrogens with zero attached hydrogens (tertiary/aromatic N) is 2. The Balaban J connectivity index is 0.00000261. The van der Waals surface area contributed by atoms with Gasteiger partial charge in [0.15, 0.2) is 11.5 Å². The average molecular weight is 395 g/mol. The molecule has 0 radical (unpaired) electrons. The molecule has 2 aliphatic rings. The topological polar surface area (TPSA) is 42.0 Å². The molecule has 1 saturated carbocycles. The first-order valence-electron chi connectivity index (χ1n) is 9.56. The maximum Gasteiger partial charge on any atom is 0.246 e. The van der Waals surface area contributed by atoms with Gasteiger partial charge in [-0.25, -0.2) is 0 Å². The standard InChI is InChI=1S/C21H30N2O3.ClH/c1-16-4-8-18(9-5-16)23(13-12-22(2)3)21(24)11-7-17-6-10-19-20(14-17)26-15-25-19;/h6-7,10-11,14,16,18H,4-5,8-9,12-13,15H2,1-3H3;1H/b11-7+;. The van der Waals surface area contributed by atoms with E-state index in [2.05, 4.69) is 16.7 Å². The van der Waals surface area contributed by atoms with Gasteiger partial charge in [0.2, 0.25) is 12.7 Å². The van der Waals surface area contributed by atoms with Crippen LogP contribution in [-0.4, -0.2) is 55.7 Å². The number of rotatable bonds is 6. The van der Waals surface area contributed by atoms with E-state index in [1.54, 1.807) is 6.08 Å². The molecule has 0 N–H and O–H groups in total. The Labute approximate surface area is 168 Å². The van der Waals surface area contributed by atoms with E-state index in [9.17, 15) is 4.79 Å². The SMILES string of the molecule is CC1CCC(N(CCN(C)C)C(=O)/C=C/c2ccc3c(c2)OCO3)CC1.Cl. The number of fused-ring (bicyclic) bond motifs is 1. The van der Waals surface area contributed by atoms with Crippen LogP contribution in [0.3, 0.4) is 0 Å². The average Bonchev–Trinajstić information content (AvgIpc) is 3.09. The highest BCUT2D eigenvalue weighted by Crippen LogP contribution is 2.33.